The molecule has 0 heterocycles. The molecule has 2 rings (SSSR count). The van der Waals surface area contributed by atoms with Crippen molar-refractivity contribution in [3.63, 3.8) is 0 Å². The molecule has 0 radical (unpaired) electrons. The molecule has 0 aliphatic carbocycles. The van der Waals surface area contributed by atoms with Crippen LogP contribution in [0.3, 0.4) is 0 Å². The fourth-order valence-corrected chi connectivity index (χ4v) is 2.24. The quantitative estimate of drug-likeness (QED) is 0.320. The van der Waals surface area contributed by atoms with Gasteiger partial charge in [0.1, 0.15) is 5.75 Å². The van der Waals surface area contributed by atoms with Gasteiger partial charge in [-0.15, -0.1) is 0 Å². The second-order valence-corrected chi connectivity index (χ2v) is 4.89. The lowest BCUT2D eigenvalue weighted by molar-refractivity contribution is -0.385. The summed E-state index contributed by atoms with van der Waals surface area (Å²) in [7, 11) is 5.58. The van der Waals surface area contributed by atoms with Crippen molar-refractivity contribution in [2.75, 3.05) is 28.4 Å². The van der Waals surface area contributed by atoms with E-state index in [1.54, 1.807) is 0 Å². The molecule has 138 valence electrons. The predicted molar refractivity (Wildman–Crippen MR) is 90.7 cm³/mol. The summed E-state index contributed by atoms with van der Waals surface area (Å²) in [5, 5.41) is 11.1. The Balaban J connectivity index is 2.36. The molecule has 0 fully saturated rings. The Labute approximate surface area is 149 Å². The predicted octanol–water partition coefficient (Wildman–Crippen LogP) is 2.85. The third-order valence-corrected chi connectivity index (χ3v) is 3.46. The van der Waals surface area contributed by atoms with Crippen molar-refractivity contribution in [3.8, 4) is 28.7 Å². The van der Waals surface area contributed by atoms with Crippen molar-refractivity contribution in [2.45, 2.75) is 0 Å². The number of carbonyl (C=O) groups excluding carboxylic acids is 1. The van der Waals surface area contributed by atoms with Crippen molar-refractivity contribution in [1.82, 2.24) is 0 Å². The van der Waals surface area contributed by atoms with E-state index in [2.05, 4.69) is 0 Å². The van der Waals surface area contributed by atoms with Gasteiger partial charge in [-0.05, 0) is 24.3 Å². The summed E-state index contributed by atoms with van der Waals surface area (Å²) in [6.45, 7) is 0. The zero-order valence-corrected chi connectivity index (χ0v) is 14.6. The van der Waals surface area contributed by atoms with Gasteiger partial charge in [0.15, 0.2) is 17.2 Å². The number of nitrogens with zero attached hydrogens (tertiary/aromatic N) is 1. The molecule has 9 heteroatoms. The smallest absolute Gasteiger partial charge is 0.343 e. The van der Waals surface area contributed by atoms with Gasteiger partial charge in [0, 0.05) is 0 Å². The molecule has 0 saturated heterocycles. The highest BCUT2D eigenvalue weighted by atomic mass is 16.6. The van der Waals surface area contributed by atoms with E-state index >= 15 is 0 Å². The van der Waals surface area contributed by atoms with Gasteiger partial charge in [-0.3, -0.25) is 10.1 Å². The molecule has 0 atom stereocenters. The molecule has 2 aromatic rings. The van der Waals surface area contributed by atoms with E-state index in [1.807, 2.05) is 0 Å². The molecular weight excluding hydrogens is 346 g/mol. The summed E-state index contributed by atoms with van der Waals surface area (Å²) >= 11 is 0. The van der Waals surface area contributed by atoms with Crippen LogP contribution in [0.15, 0.2) is 30.3 Å². The first-order chi connectivity index (χ1) is 12.4. The van der Waals surface area contributed by atoms with Crippen molar-refractivity contribution in [1.29, 1.82) is 0 Å². The highest BCUT2D eigenvalue weighted by molar-refractivity contribution is 5.92. The Morgan fingerprint density at radius 2 is 1.46 bits per heavy atom. The van der Waals surface area contributed by atoms with E-state index in [-0.39, 0.29) is 34.2 Å². The number of ether oxygens (including phenoxy) is 5. The Kier molecular flexibility index (Phi) is 5.84. The van der Waals surface area contributed by atoms with Gasteiger partial charge >= 0.3 is 11.7 Å². The first-order valence-electron chi connectivity index (χ1n) is 7.29. The number of methoxy groups -OCH3 is 4. The topological polar surface area (TPSA) is 106 Å². The normalized spacial score (nSPS) is 10.0. The molecule has 0 bridgehead atoms. The fourth-order valence-electron chi connectivity index (χ4n) is 2.24. The van der Waals surface area contributed by atoms with Gasteiger partial charge in [-0.1, -0.05) is 0 Å². The van der Waals surface area contributed by atoms with Crippen LogP contribution in [0.2, 0.25) is 0 Å². The molecule has 0 amide bonds. The van der Waals surface area contributed by atoms with Gasteiger partial charge in [0.2, 0.25) is 5.75 Å². The minimum atomic E-state index is -0.747. The Morgan fingerprint density at radius 1 is 0.885 bits per heavy atom. The van der Waals surface area contributed by atoms with Crippen molar-refractivity contribution in [2.24, 2.45) is 0 Å². The maximum atomic E-state index is 12.4. The molecular formula is C17H17NO8. The Hall–Kier alpha value is -3.49. The standard InChI is InChI=1S/C17H17NO8/c1-22-13-6-5-11(9-12(13)18(20)21)26-17(19)10-7-14(23-2)16(25-4)15(8-10)24-3/h5-9H,1-4H3. The zero-order chi connectivity index (χ0) is 19.3. The summed E-state index contributed by atoms with van der Waals surface area (Å²) in [6, 6.07) is 6.68. The molecule has 2 aromatic carbocycles. The van der Waals surface area contributed by atoms with Crippen LogP contribution in [0.1, 0.15) is 10.4 Å². The number of nitro groups is 1. The van der Waals surface area contributed by atoms with Crippen molar-refractivity contribution < 1.29 is 33.4 Å². The second kappa shape index (κ2) is 8.06. The number of esters is 1. The number of rotatable bonds is 7. The van der Waals surface area contributed by atoms with Gasteiger partial charge in [-0.2, -0.15) is 0 Å². The molecule has 26 heavy (non-hydrogen) atoms. The minimum Gasteiger partial charge on any atom is -0.493 e. The fraction of sp³-hybridized carbons (Fsp3) is 0.235. The average molecular weight is 363 g/mol. The lowest BCUT2D eigenvalue weighted by Crippen LogP contribution is -2.10. The SMILES string of the molecule is COc1ccc(OC(=O)c2cc(OC)c(OC)c(OC)c2)cc1[N+](=O)[O-]. The molecule has 0 unspecified atom stereocenters. The maximum Gasteiger partial charge on any atom is 0.343 e. The molecule has 0 aromatic heterocycles. The van der Waals surface area contributed by atoms with Crippen LogP contribution in [0.4, 0.5) is 5.69 Å². The Morgan fingerprint density at radius 3 is 1.92 bits per heavy atom. The summed E-state index contributed by atoms with van der Waals surface area (Å²) in [5.74, 6) is 0.188. The van der Waals surface area contributed by atoms with Gasteiger partial charge in [-0.25, -0.2) is 4.79 Å². The minimum absolute atomic E-state index is 0.00347. The largest absolute Gasteiger partial charge is 0.493 e. The van der Waals surface area contributed by atoms with Crippen LogP contribution in [0, 0.1) is 10.1 Å². The Bertz CT molecular complexity index is 809. The van der Waals surface area contributed by atoms with E-state index in [9.17, 15) is 14.9 Å². The number of hydrogen-bond acceptors (Lipinski definition) is 8. The third-order valence-electron chi connectivity index (χ3n) is 3.46. The van der Waals surface area contributed by atoms with Crippen LogP contribution in [-0.4, -0.2) is 39.3 Å². The maximum absolute atomic E-state index is 12.4. The molecule has 0 N–H and O–H groups in total. The lowest BCUT2D eigenvalue weighted by Gasteiger charge is -2.13. The number of hydrogen-bond donors (Lipinski definition) is 0. The molecule has 9 nitrogen and oxygen atoms in total. The van der Waals surface area contributed by atoms with Crippen LogP contribution < -0.4 is 23.7 Å². The second-order valence-electron chi connectivity index (χ2n) is 4.89. The molecule has 0 aliphatic heterocycles. The van der Waals surface area contributed by atoms with E-state index in [0.717, 1.165) is 6.07 Å². The zero-order valence-electron chi connectivity index (χ0n) is 14.6. The van der Waals surface area contributed by atoms with Crippen LogP contribution in [0.25, 0.3) is 0 Å². The third kappa shape index (κ3) is 3.77. The van der Waals surface area contributed by atoms with Crippen molar-refractivity contribution in [3.05, 3.63) is 46.0 Å². The first kappa shape index (κ1) is 18.8. The monoisotopic (exact) mass is 363 g/mol. The number of carbonyl (C=O) groups is 1. The summed E-state index contributed by atoms with van der Waals surface area (Å²) < 4.78 is 25.7. The summed E-state index contributed by atoms with van der Waals surface area (Å²) in [6.07, 6.45) is 0. The van der Waals surface area contributed by atoms with E-state index < -0.39 is 10.9 Å². The average Bonchev–Trinajstić information content (AvgIpc) is 2.66. The van der Waals surface area contributed by atoms with Crippen LogP contribution in [-0.2, 0) is 0 Å². The molecule has 0 saturated carbocycles. The van der Waals surface area contributed by atoms with Crippen LogP contribution >= 0.6 is 0 Å². The number of benzene rings is 2. The highest BCUT2D eigenvalue weighted by Crippen LogP contribution is 2.38. The van der Waals surface area contributed by atoms with E-state index in [4.69, 9.17) is 23.7 Å². The number of nitro benzene ring substituents is 1. The first-order valence-corrected chi connectivity index (χ1v) is 7.29. The summed E-state index contributed by atoms with van der Waals surface area (Å²) in [4.78, 5) is 22.8. The molecule has 0 spiro atoms. The van der Waals surface area contributed by atoms with E-state index in [1.165, 1.54) is 52.7 Å². The molecule has 0 aliphatic rings. The van der Waals surface area contributed by atoms with Gasteiger partial charge in [0.25, 0.3) is 0 Å². The van der Waals surface area contributed by atoms with Crippen molar-refractivity contribution >= 4 is 11.7 Å². The van der Waals surface area contributed by atoms with Gasteiger partial charge < -0.3 is 23.7 Å². The lowest BCUT2D eigenvalue weighted by atomic mass is 10.2. The van der Waals surface area contributed by atoms with E-state index in [0.29, 0.717) is 5.75 Å². The van der Waals surface area contributed by atoms with Gasteiger partial charge in [0.05, 0.1) is 45.0 Å². The highest BCUT2D eigenvalue weighted by Gasteiger charge is 2.20. The van der Waals surface area contributed by atoms with Crippen LogP contribution in [0.5, 0.6) is 28.7 Å². The summed E-state index contributed by atoms with van der Waals surface area (Å²) in [5.41, 5.74) is -0.194.